The van der Waals surface area contributed by atoms with Crippen molar-refractivity contribution in [2.24, 2.45) is 0 Å². The Morgan fingerprint density at radius 1 is 0.276 bits per heavy atom. The summed E-state index contributed by atoms with van der Waals surface area (Å²) in [5.74, 6) is -2.13. The van der Waals surface area contributed by atoms with Crippen molar-refractivity contribution in [3.05, 3.63) is 0 Å². The number of rotatable bonds is 69. The van der Waals surface area contributed by atoms with Crippen molar-refractivity contribution in [2.75, 3.05) is 39.6 Å². The molecular formula is C68H132O17P2. The third kappa shape index (κ3) is 62.6. The smallest absolute Gasteiger partial charge is 0.462 e. The summed E-state index contributed by atoms with van der Waals surface area (Å²) in [6.45, 7) is 4.89. The van der Waals surface area contributed by atoms with Crippen LogP contribution in [0.2, 0.25) is 0 Å². The Bertz CT molecular complexity index is 1670. The lowest BCUT2D eigenvalue weighted by atomic mass is 10.0. The number of phosphoric acid groups is 2. The molecule has 5 atom stereocenters. The van der Waals surface area contributed by atoms with Crippen LogP contribution in [0.4, 0.5) is 0 Å². The van der Waals surface area contributed by atoms with E-state index in [9.17, 15) is 43.2 Å². The second kappa shape index (κ2) is 62.8. The first-order valence-corrected chi connectivity index (χ1v) is 38.8. The highest BCUT2D eigenvalue weighted by Gasteiger charge is 2.30. The molecule has 0 aliphatic carbocycles. The van der Waals surface area contributed by atoms with E-state index in [0.717, 1.165) is 103 Å². The fourth-order valence-corrected chi connectivity index (χ4v) is 11.9. The number of hydrogen-bond acceptors (Lipinski definition) is 15. The van der Waals surface area contributed by atoms with Gasteiger partial charge in [0.2, 0.25) is 0 Å². The molecule has 0 spiro atoms. The van der Waals surface area contributed by atoms with Gasteiger partial charge in [0.1, 0.15) is 19.3 Å². The van der Waals surface area contributed by atoms with Crippen molar-refractivity contribution in [3.8, 4) is 0 Å². The van der Waals surface area contributed by atoms with Crippen LogP contribution in [0.1, 0.15) is 355 Å². The molecule has 0 aromatic heterocycles. The van der Waals surface area contributed by atoms with E-state index in [-0.39, 0.29) is 25.7 Å². The van der Waals surface area contributed by atoms with Gasteiger partial charge in [-0.15, -0.1) is 0 Å². The number of esters is 4. The first kappa shape index (κ1) is 85.1. The molecule has 3 N–H and O–H groups in total. The van der Waals surface area contributed by atoms with Gasteiger partial charge in [0.15, 0.2) is 12.2 Å². The van der Waals surface area contributed by atoms with Crippen LogP contribution in [0.5, 0.6) is 0 Å². The van der Waals surface area contributed by atoms with Gasteiger partial charge in [0, 0.05) is 25.7 Å². The zero-order valence-electron chi connectivity index (χ0n) is 56.0. The van der Waals surface area contributed by atoms with Crippen LogP contribution in [0.3, 0.4) is 0 Å². The minimum Gasteiger partial charge on any atom is -0.462 e. The quantitative estimate of drug-likeness (QED) is 0.0222. The number of hydrogen-bond donors (Lipinski definition) is 3. The van der Waals surface area contributed by atoms with Crippen LogP contribution in [0, 0.1) is 0 Å². The largest absolute Gasteiger partial charge is 0.472 e. The van der Waals surface area contributed by atoms with E-state index in [1.165, 1.54) is 173 Å². The first-order chi connectivity index (χ1) is 42.2. The van der Waals surface area contributed by atoms with Gasteiger partial charge >= 0.3 is 39.5 Å². The number of carbonyl (C=O) groups is 4. The number of ether oxygens (including phenoxy) is 4. The monoisotopic (exact) mass is 1280 g/mol. The molecule has 0 aliphatic heterocycles. The molecule has 0 aromatic carbocycles. The van der Waals surface area contributed by atoms with Gasteiger partial charge < -0.3 is 33.8 Å². The minimum absolute atomic E-state index is 0.107. The molecule has 2 unspecified atom stereocenters. The highest BCUT2D eigenvalue weighted by atomic mass is 31.2. The molecule has 0 amide bonds. The van der Waals surface area contributed by atoms with Crippen LogP contribution in [0.25, 0.3) is 0 Å². The summed E-state index contributed by atoms with van der Waals surface area (Å²) < 4.78 is 68.1. The van der Waals surface area contributed by atoms with Crippen molar-refractivity contribution in [1.29, 1.82) is 0 Å². The number of carbonyl (C=O) groups excluding carboxylic acids is 4. The van der Waals surface area contributed by atoms with Gasteiger partial charge in [-0.25, -0.2) is 9.13 Å². The van der Waals surface area contributed by atoms with Crippen molar-refractivity contribution in [2.45, 2.75) is 373 Å². The van der Waals surface area contributed by atoms with E-state index in [0.29, 0.717) is 25.7 Å². The van der Waals surface area contributed by atoms with Crippen LogP contribution < -0.4 is 0 Å². The topological polar surface area (TPSA) is 237 Å². The van der Waals surface area contributed by atoms with Gasteiger partial charge in [-0.1, -0.05) is 304 Å². The second-order valence-electron chi connectivity index (χ2n) is 24.6. The summed E-state index contributed by atoms with van der Waals surface area (Å²) in [6.07, 6.45) is 50.0. The molecule has 0 rings (SSSR count). The maximum absolute atomic E-state index is 13.0. The SMILES string of the molecule is CCCCCCCCCCCCCCCCCCCC(=O)O[C@H](COC(=O)CCCCCCCCCCCCCC)COP(=O)(O)OC[C@@H](O)COP(=O)(O)OC[C@@H](COC(=O)CCCCCCCCC)OC(=O)CCCCCCCCCCCCC. The fraction of sp³-hybridized carbons (Fsp3) is 0.941. The van der Waals surface area contributed by atoms with Crippen LogP contribution in [-0.2, 0) is 65.4 Å². The van der Waals surface area contributed by atoms with E-state index < -0.39 is 97.5 Å². The highest BCUT2D eigenvalue weighted by molar-refractivity contribution is 7.47. The summed E-state index contributed by atoms with van der Waals surface area (Å²) in [5, 5.41) is 10.6. The lowest BCUT2D eigenvalue weighted by molar-refractivity contribution is -0.161. The Labute approximate surface area is 530 Å². The molecule has 0 fully saturated rings. The summed E-state index contributed by atoms with van der Waals surface area (Å²) in [6, 6.07) is 0. The number of phosphoric ester groups is 2. The number of aliphatic hydroxyl groups excluding tert-OH is 1. The Morgan fingerprint density at radius 3 is 0.678 bits per heavy atom. The molecule has 0 radical (unpaired) electrons. The fourth-order valence-electron chi connectivity index (χ4n) is 10.3. The van der Waals surface area contributed by atoms with Crippen LogP contribution in [0.15, 0.2) is 0 Å². The van der Waals surface area contributed by atoms with Gasteiger partial charge in [0.25, 0.3) is 0 Å². The van der Waals surface area contributed by atoms with E-state index in [2.05, 4.69) is 27.7 Å². The third-order valence-corrected chi connectivity index (χ3v) is 17.8. The third-order valence-electron chi connectivity index (χ3n) is 15.9. The van der Waals surface area contributed by atoms with Crippen molar-refractivity contribution in [1.82, 2.24) is 0 Å². The molecule has 19 heteroatoms. The van der Waals surface area contributed by atoms with E-state index >= 15 is 0 Å². The summed E-state index contributed by atoms with van der Waals surface area (Å²) in [7, 11) is -9.89. The molecule has 0 aliphatic rings. The zero-order valence-corrected chi connectivity index (χ0v) is 57.8. The Hall–Kier alpha value is -1.94. The average Bonchev–Trinajstić information content (AvgIpc) is 3.65. The zero-order chi connectivity index (χ0) is 64.0. The molecule has 0 saturated heterocycles. The molecule has 17 nitrogen and oxygen atoms in total. The summed E-state index contributed by atoms with van der Waals surface area (Å²) >= 11 is 0. The number of aliphatic hydroxyl groups is 1. The molecule has 0 saturated carbocycles. The maximum Gasteiger partial charge on any atom is 0.472 e. The standard InChI is InChI=1S/C68H132O17P2/c1-5-9-13-17-21-24-27-29-30-31-32-33-36-39-43-47-51-55-68(73)85-64(59-79-66(71)53-49-45-41-37-35-28-25-22-18-14-10-6-2)61-83-87(76,77)81-57-62(69)56-80-86(74,75)82-60-63(58-78-65(70)52-48-44-40-20-16-12-8-4)84-67(72)54-50-46-42-38-34-26-23-19-15-11-7-3/h62-64,69H,5-61H2,1-4H3,(H,74,75)(H,76,77)/t62-,63+,64+/m0/s1. The van der Waals surface area contributed by atoms with Gasteiger partial charge in [-0.2, -0.15) is 0 Å². The molecule has 0 aromatic rings. The van der Waals surface area contributed by atoms with Crippen LogP contribution >= 0.6 is 15.6 Å². The lowest BCUT2D eigenvalue weighted by Crippen LogP contribution is -2.30. The normalized spacial score (nSPS) is 14.1. The molecule has 0 bridgehead atoms. The number of unbranched alkanes of at least 4 members (excludes halogenated alkanes) is 43. The highest BCUT2D eigenvalue weighted by Crippen LogP contribution is 2.45. The minimum atomic E-state index is -4.95. The first-order valence-electron chi connectivity index (χ1n) is 35.8. The summed E-state index contributed by atoms with van der Waals surface area (Å²) in [4.78, 5) is 72.3. The average molecular weight is 1280 g/mol. The maximum atomic E-state index is 13.0. The van der Waals surface area contributed by atoms with Crippen molar-refractivity contribution >= 4 is 39.5 Å². The van der Waals surface area contributed by atoms with Gasteiger partial charge in [-0.3, -0.25) is 37.3 Å². The van der Waals surface area contributed by atoms with Crippen molar-refractivity contribution in [3.63, 3.8) is 0 Å². The van der Waals surface area contributed by atoms with Crippen LogP contribution in [-0.4, -0.2) is 96.7 Å². The van der Waals surface area contributed by atoms with E-state index in [1.54, 1.807) is 0 Å². The van der Waals surface area contributed by atoms with Gasteiger partial charge in [-0.05, 0) is 25.7 Å². The molecular weight excluding hydrogens is 1150 g/mol. The van der Waals surface area contributed by atoms with Crippen molar-refractivity contribution < 1.29 is 80.2 Å². The second-order valence-corrected chi connectivity index (χ2v) is 27.5. The Balaban J connectivity index is 5.19. The van der Waals surface area contributed by atoms with E-state index in [1.807, 2.05) is 0 Å². The predicted octanol–water partition coefficient (Wildman–Crippen LogP) is 19.5. The predicted molar refractivity (Wildman–Crippen MR) is 349 cm³/mol. The summed E-state index contributed by atoms with van der Waals surface area (Å²) in [5.41, 5.74) is 0. The molecule has 87 heavy (non-hydrogen) atoms. The van der Waals surface area contributed by atoms with E-state index in [4.69, 9.17) is 37.0 Å². The Morgan fingerprint density at radius 2 is 0.460 bits per heavy atom. The van der Waals surface area contributed by atoms with Gasteiger partial charge in [0.05, 0.1) is 26.4 Å². The molecule has 516 valence electrons. The lowest BCUT2D eigenvalue weighted by Gasteiger charge is -2.21. The molecule has 0 heterocycles. The Kier molecular flexibility index (Phi) is 61.4.